The number of nitrogens with one attached hydrogen (secondary N) is 1. The zero-order chi connectivity index (χ0) is 12.5. The molecule has 6 aliphatic rings. The van der Waals surface area contributed by atoms with Crippen LogP contribution in [0.1, 0.15) is 44.9 Å². The van der Waals surface area contributed by atoms with Gasteiger partial charge in [0.25, 0.3) is 0 Å². The lowest BCUT2D eigenvalue weighted by atomic mass is 9.47. The van der Waals surface area contributed by atoms with E-state index in [1.165, 1.54) is 32.1 Å². The summed E-state index contributed by atoms with van der Waals surface area (Å²) in [6.45, 7) is 2.69. The van der Waals surface area contributed by atoms with Crippen molar-refractivity contribution in [3.8, 4) is 0 Å². The van der Waals surface area contributed by atoms with Gasteiger partial charge in [-0.1, -0.05) is 0 Å². The lowest BCUT2D eigenvalue weighted by Gasteiger charge is -2.64. The van der Waals surface area contributed by atoms with Crippen LogP contribution >= 0.6 is 0 Å². The van der Waals surface area contributed by atoms with E-state index in [0.29, 0.717) is 5.54 Å². The molecule has 2 heterocycles. The molecule has 0 amide bonds. The van der Waals surface area contributed by atoms with E-state index >= 15 is 0 Å². The lowest BCUT2D eigenvalue weighted by Crippen LogP contribution is -2.70. The van der Waals surface area contributed by atoms with Crippen molar-refractivity contribution in [2.45, 2.75) is 56.3 Å². The summed E-state index contributed by atoms with van der Waals surface area (Å²) in [7, 11) is 0. The zero-order valence-electron chi connectivity index (χ0n) is 11.7. The lowest BCUT2D eigenvalue weighted by molar-refractivity contribution is -0.221. The average Bonchev–Trinajstić information content (AvgIpc) is 2.83. The third-order valence-electron chi connectivity index (χ3n) is 6.93. The summed E-state index contributed by atoms with van der Waals surface area (Å²) in [6.07, 6.45) is 9.56. The van der Waals surface area contributed by atoms with Gasteiger partial charge in [0.2, 0.25) is 0 Å². The Morgan fingerprint density at radius 3 is 2.11 bits per heavy atom. The quantitative estimate of drug-likeness (QED) is 0.727. The molecule has 0 radical (unpaired) electrons. The van der Waals surface area contributed by atoms with Gasteiger partial charge >= 0.3 is 0 Å². The van der Waals surface area contributed by atoms with E-state index in [1.807, 2.05) is 0 Å². The highest BCUT2D eigenvalue weighted by Gasteiger charge is 2.61. The van der Waals surface area contributed by atoms with Crippen LogP contribution < -0.4 is 5.32 Å². The van der Waals surface area contributed by atoms with Gasteiger partial charge in [0.05, 0.1) is 13.2 Å². The van der Waals surface area contributed by atoms with Crippen LogP contribution in [0.3, 0.4) is 0 Å². The van der Waals surface area contributed by atoms with Gasteiger partial charge < -0.3 is 14.8 Å². The second-order valence-electron chi connectivity index (χ2n) is 7.81. The molecule has 1 N–H and O–H groups in total. The molecular weight excluding hydrogens is 238 g/mol. The SMILES string of the molecule is C1CC2(CC3(N1)C1CC4CC(C1)CC3C4)OCCO2. The largest absolute Gasteiger partial charge is 0.347 e. The van der Waals surface area contributed by atoms with Crippen molar-refractivity contribution in [2.75, 3.05) is 19.8 Å². The van der Waals surface area contributed by atoms with Crippen LogP contribution in [0.4, 0.5) is 0 Å². The normalized spacial score (nSPS) is 54.3. The first-order valence-electron chi connectivity index (χ1n) is 8.31. The zero-order valence-corrected chi connectivity index (χ0v) is 11.7. The predicted octanol–water partition coefficient (Wildman–Crippen LogP) is 2.31. The summed E-state index contributed by atoms with van der Waals surface area (Å²) in [5.74, 6) is 3.65. The van der Waals surface area contributed by atoms with E-state index in [2.05, 4.69) is 5.32 Å². The fraction of sp³-hybridized carbons (Fsp3) is 1.00. The Balaban J connectivity index is 1.50. The van der Waals surface area contributed by atoms with Gasteiger partial charge in [-0.2, -0.15) is 0 Å². The number of ether oxygens (including phenoxy) is 2. The maximum absolute atomic E-state index is 6.05. The van der Waals surface area contributed by atoms with Crippen molar-refractivity contribution < 1.29 is 9.47 Å². The van der Waals surface area contributed by atoms with Crippen LogP contribution in [0.25, 0.3) is 0 Å². The Labute approximate surface area is 115 Å². The van der Waals surface area contributed by atoms with E-state index in [0.717, 1.165) is 56.3 Å². The number of rotatable bonds is 0. The minimum atomic E-state index is -0.222. The summed E-state index contributed by atoms with van der Waals surface area (Å²) >= 11 is 0. The van der Waals surface area contributed by atoms with Crippen molar-refractivity contribution in [2.24, 2.45) is 23.7 Å². The second-order valence-corrected chi connectivity index (χ2v) is 7.81. The van der Waals surface area contributed by atoms with Gasteiger partial charge in [0, 0.05) is 24.9 Å². The van der Waals surface area contributed by atoms with E-state index in [-0.39, 0.29) is 5.79 Å². The standard InChI is InChI=1S/C16H25NO2/c1-2-17-16(10-15(1)18-3-4-19-15)13-6-11-5-12(8-13)9-14(16)7-11/h11-14,17H,1-10H2. The molecule has 19 heavy (non-hydrogen) atoms. The summed E-state index contributed by atoms with van der Waals surface area (Å²) < 4.78 is 12.1. The van der Waals surface area contributed by atoms with Crippen LogP contribution in [-0.2, 0) is 9.47 Å². The Hall–Kier alpha value is -0.120. The maximum atomic E-state index is 6.05. The number of piperidine rings is 1. The highest BCUT2D eigenvalue weighted by atomic mass is 16.7. The third-order valence-corrected chi connectivity index (χ3v) is 6.93. The molecule has 0 aromatic heterocycles. The van der Waals surface area contributed by atoms with Gasteiger partial charge in [-0.25, -0.2) is 0 Å². The molecule has 2 spiro atoms. The summed E-state index contributed by atoms with van der Waals surface area (Å²) in [6, 6.07) is 0. The van der Waals surface area contributed by atoms with Gasteiger partial charge in [-0.3, -0.25) is 0 Å². The Kier molecular flexibility index (Phi) is 2.27. The van der Waals surface area contributed by atoms with Crippen molar-refractivity contribution in [1.29, 1.82) is 0 Å². The fourth-order valence-corrected chi connectivity index (χ4v) is 6.43. The molecule has 3 heteroatoms. The molecule has 0 aromatic carbocycles. The van der Waals surface area contributed by atoms with Gasteiger partial charge in [-0.15, -0.1) is 0 Å². The monoisotopic (exact) mass is 263 g/mol. The second kappa shape index (κ2) is 3.75. The smallest absolute Gasteiger partial charge is 0.171 e. The van der Waals surface area contributed by atoms with E-state index in [9.17, 15) is 0 Å². The van der Waals surface area contributed by atoms with Crippen molar-refractivity contribution in [3.05, 3.63) is 0 Å². The predicted molar refractivity (Wildman–Crippen MR) is 71.6 cm³/mol. The minimum Gasteiger partial charge on any atom is -0.347 e. The molecule has 0 unspecified atom stereocenters. The summed E-state index contributed by atoms with van der Waals surface area (Å²) in [5, 5.41) is 3.97. The van der Waals surface area contributed by atoms with Crippen LogP contribution in [0.2, 0.25) is 0 Å². The Bertz CT molecular complexity index is 360. The average molecular weight is 263 g/mol. The minimum absolute atomic E-state index is 0.222. The maximum Gasteiger partial charge on any atom is 0.171 e. The third kappa shape index (κ3) is 1.50. The first-order chi connectivity index (χ1) is 9.28. The highest BCUT2D eigenvalue weighted by molar-refractivity contribution is 5.14. The highest BCUT2D eigenvalue weighted by Crippen LogP contribution is 2.61. The molecule has 4 saturated carbocycles. The Morgan fingerprint density at radius 1 is 0.842 bits per heavy atom. The first-order valence-corrected chi connectivity index (χ1v) is 8.31. The van der Waals surface area contributed by atoms with Crippen molar-refractivity contribution in [1.82, 2.24) is 5.32 Å². The molecular formula is C16H25NO2. The van der Waals surface area contributed by atoms with E-state index < -0.39 is 0 Å². The molecule has 0 aromatic rings. The van der Waals surface area contributed by atoms with Gasteiger partial charge in [-0.05, 0) is 55.8 Å². The number of hydrogen-bond acceptors (Lipinski definition) is 3. The molecule has 2 aliphatic heterocycles. The molecule has 0 atom stereocenters. The molecule has 2 saturated heterocycles. The topological polar surface area (TPSA) is 30.5 Å². The summed E-state index contributed by atoms with van der Waals surface area (Å²) in [5.41, 5.74) is 0.357. The van der Waals surface area contributed by atoms with Crippen LogP contribution in [0, 0.1) is 23.7 Å². The summed E-state index contributed by atoms with van der Waals surface area (Å²) in [4.78, 5) is 0. The van der Waals surface area contributed by atoms with Crippen LogP contribution in [0.5, 0.6) is 0 Å². The van der Waals surface area contributed by atoms with Crippen LogP contribution in [-0.4, -0.2) is 31.1 Å². The fourth-order valence-electron chi connectivity index (χ4n) is 6.43. The molecule has 4 aliphatic carbocycles. The Morgan fingerprint density at radius 2 is 1.47 bits per heavy atom. The molecule has 6 rings (SSSR count). The molecule has 106 valence electrons. The van der Waals surface area contributed by atoms with Gasteiger partial charge in [0.15, 0.2) is 5.79 Å². The van der Waals surface area contributed by atoms with Crippen molar-refractivity contribution in [3.63, 3.8) is 0 Å². The van der Waals surface area contributed by atoms with E-state index in [1.54, 1.807) is 0 Å². The van der Waals surface area contributed by atoms with E-state index in [4.69, 9.17) is 9.47 Å². The van der Waals surface area contributed by atoms with Crippen LogP contribution in [0.15, 0.2) is 0 Å². The first kappa shape index (κ1) is 11.5. The number of hydrogen-bond donors (Lipinski definition) is 1. The van der Waals surface area contributed by atoms with Crippen molar-refractivity contribution >= 4 is 0 Å². The van der Waals surface area contributed by atoms with Gasteiger partial charge in [0.1, 0.15) is 0 Å². The molecule has 6 fully saturated rings. The molecule has 3 nitrogen and oxygen atoms in total. The molecule has 4 bridgehead atoms.